The second-order valence-electron chi connectivity index (χ2n) is 5.32. The average molecular weight is 322 g/mol. The lowest BCUT2D eigenvalue weighted by molar-refractivity contribution is -0.122. The van der Waals surface area contributed by atoms with Crippen LogP contribution in [0.5, 0.6) is 5.75 Å². The van der Waals surface area contributed by atoms with Gasteiger partial charge in [-0.15, -0.1) is 11.3 Å². The molecule has 1 aliphatic rings. The van der Waals surface area contributed by atoms with Gasteiger partial charge in [0.25, 0.3) is 5.91 Å². The van der Waals surface area contributed by atoms with Gasteiger partial charge in [-0.3, -0.25) is 4.79 Å². The standard InChI is InChI=1S/C18H14N2O2S/c21-17(16-11-13-3-1-2-4-15(13)22-16)20-14-7-5-12(6-8-14)18-19-9-10-23-18/h1-10,16H,11H2,(H,20,21)/t16-/m0/s1. The van der Waals surface area contributed by atoms with Crippen LogP contribution < -0.4 is 10.1 Å². The fourth-order valence-electron chi connectivity index (χ4n) is 2.61. The van der Waals surface area contributed by atoms with Gasteiger partial charge in [0, 0.05) is 29.2 Å². The summed E-state index contributed by atoms with van der Waals surface area (Å²) in [6.07, 6.45) is 1.93. The molecule has 0 fully saturated rings. The molecule has 0 spiro atoms. The summed E-state index contributed by atoms with van der Waals surface area (Å²) in [6, 6.07) is 15.4. The number of hydrogen-bond acceptors (Lipinski definition) is 4. The van der Waals surface area contributed by atoms with Crippen LogP contribution in [0.4, 0.5) is 5.69 Å². The van der Waals surface area contributed by atoms with Crippen LogP contribution in [0.25, 0.3) is 10.6 Å². The van der Waals surface area contributed by atoms with Crippen LogP contribution in [0, 0.1) is 0 Å². The predicted octanol–water partition coefficient (Wildman–Crippen LogP) is 3.75. The molecule has 0 saturated carbocycles. The van der Waals surface area contributed by atoms with Gasteiger partial charge in [0.1, 0.15) is 10.8 Å². The molecule has 1 aromatic heterocycles. The van der Waals surface area contributed by atoms with E-state index in [1.165, 1.54) is 0 Å². The molecular formula is C18H14N2O2S. The highest BCUT2D eigenvalue weighted by atomic mass is 32.1. The number of aromatic nitrogens is 1. The summed E-state index contributed by atoms with van der Waals surface area (Å²) in [6.45, 7) is 0. The molecule has 0 radical (unpaired) electrons. The van der Waals surface area contributed by atoms with Crippen molar-refractivity contribution in [3.05, 3.63) is 65.7 Å². The SMILES string of the molecule is O=C(Nc1ccc(-c2nccs2)cc1)[C@@H]1Cc2ccccc2O1. The Morgan fingerprint density at radius 2 is 2.00 bits per heavy atom. The number of thiazole rings is 1. The van der Waals surface area contributed by atoms with E-state index >= 15 is 0 Å². The Balaban J connectivity index is 1.44. The van der Waals surface area contributed by atoms with Crippen molar-refractivity contribution in [3.63, 3.8) is 0 Å². The third-order valence-corrected chi connectivity index (χ3v) is 4.59. The van der Waals surface area contributed by atoms with Crippen molar-refractivity contribution in [2.24, 2.45) is 0 Å². The number of para-hydroxylation sites is 1. The molecule has 5 heteroatoms. The van der Waals surface area contributed by atoms with Crippen LogP contribution in [-0.2, 0) is 11.2 Å². The summed E-state index contributed by atoms with van der Waals surface area (Å²) in [5.74, 6) is 0.676. The van der Waals surface area contributed by atoms with E-state index in [-0.39, 0.29) is 5.91 Å². The molecule has 2 heterocycles. The molecule has 1 amide bonds. The Bertz CT molecular complexity index is 803. The summed E-state index contributed by atoms with van der Waals surface area (Å²) in [5.41, 5.74) is 2.88. The average Bonchev–Trinajstić information content (AvgIpc) is 3.25. The smallest absolute Gasteiger partial charge is 0.265 e. The topological polar surface area (TPSA) is 51.2 Å². The zero-order chi connectivity index (χ0) is 15.6. The molecule has 0 bridgehead atoms. The lowest BCUT2D eigenvalue weighted by Crippen LogP contribution is -2.31. The van der Waals surface area contributed by atoms with Gasteiger partial charge >= 0.3 is 0 Å². The highest BCUT2D eigenvalue weighted by molar-refractivity contribution is 7.13. The van der Waals surface area contributed by atoms with Crippen LogP contribution in [-0.4, -0.2) is 17.0 Å². The van der Waals surface area contributed by atoms with E-state index in [9.17, 15) is 4.79 Å². The Kier molecular flexibility index (Phi) is 3.55. The number of carbonyl (C=O) groups is 1. The molecule has 1 aliphatic heterocycles. The van der Waals surface area contributed by atoms with Crippen molar-refractivity contribution in [3.8, 4) is 16.3 Å². The van der Waals surface area contributed by atoms with Crippen LogP contribution in [0.2, 0.25) is 0 Å². The fraction of sp³-hybridized carbons (Fsp3) is 0.111. The lowest BCUT2D eigenvalue weighted by Gasteiger charge is -2.11. The van der Waals surface area contributed by atoms with E-state index in [0.717, 1.165) is 27.6 Å². The molecule has 4 nitrogen and oxygen atoms in total. The first-order chi connectivity index (χ1) is 11.3. The summed E-state index contributed by atoms with van der Waals surface area (Å²) in [7, 11) is 0. The Morgan fingerprint density at radius 1 is 1.17 bits per heavy atom. The zero-order valence-electron chi connectivity index (χ0n) is 12.2. The first-order valence-electron chi connectivity index (χ1n) is 7.35. The highest BCUT2D eigenvalue weighted by Crippen LogP contribution is 2.29. The van der Waals surface area contributed by atoms with Crippen molar-refractivity contribution in [1.29, 1.82) is 0 Å². The van der Waals surface area contributed by atoms with Gasteiger partial charge in [0.2, 0.25) is 0 Å². The number of ether oxygens (including phenoxy) is 1. The number of hydrogen-bond donors (Lipinski definition) is 1. The molecular weight excluding hydrogens is 308 g/mol. The molecule has 1 N–H and O–H groups in total. The maximum absolute atomic E-state index is 12.4. The molecule has 23 heavy (non-hydrogen) atoms. The maximum atomic E-state index is 12.4. The van der Waals surface area contributed by atoms with Crippen molar-refractivity contribution in [2.75, 3.05) is 5.32 Å². The molecule has 4 rings (SSSR count). The van der Waals surface area contributed by atoms with Gasteiger partial charge in [-0.05, 0) is 35.9 Å². The van der Waals surface area contributed by atoms with E-state index < -0.39 is 6.10 Å². The third kappa shape index (κ3) is 2.83. The molecule has 0 unspecified atom stereocenters. The second-order valence-corrected chi connectivity index (χ2v) is 6.22. The van der Waals surface area contributed by atoms with E-state index in [1.807, 2.05) is 53.9 Å². The first kappa shape index (κ1) is 14.0. The zero-order valence-corrected chi connectivity index (χ0v) is 13.0. The second kappa shape index (κ2) is 5.85. The van der Waals surface area contributed by atoms with Crippen LogP contribution in [0.15, 0.2) is 60.1 Å². The number of benzene rings is 2. The van der Waals surface area contributed by atoms with Gasteiger partial charge in [0.05, 0.1) is 0 Å². The number of nitrogens with one attached hydrogen (secondary N) is 1. The molecule has 1 atom stereocenters. The van der Waals surface area contributed by atoms with Crippen molar-refractivity contribution >= 4 is 22.9 Å². The summed E-state index contributed by atoms with van der Waals surface area (Å²) >= 11 is 1.59. The minimum absolute atomic E-state index is 0.122. The van der Waals surface area contributed by atoms with Gasteiger partial charge in [0.15, 0.2) is 6.10 Å². The van der Waals surface area contributed by atoms with Gasteiger partial charge in [-0.2, -0.15) is 0 Å². The molecule has 0 aliphatic carbocycles. The molecule has 3 aromatic rings. The number of amides is 1. The monoisotopic (exact) mass is 322 g/mol. The van der Waals surface area contributed by atoms with Gasteiger partial charge < -0.3 is 10.1 Å². The lowest BCUT2D eigenvalue weighted by atomic mass is 10.1. The first-order valence-corrected chi connectivity index (χ1v) is 8.23. The van der Waals surface area contributed by atoms with Crippen molar-refractivity contribution in [1.82, 2.24) is 4.98 Å². The van der Waals surface area contributed by atoms with Crippen LogP contribution >= 0.6 is 11.3 Å². The van der Waals surface area contributed by atoms with E-state index in [2.05, 4.69) is 10.3 Å². The molecule has 114 valence electrons. The minimum Gasteiger partial charge on any atom is -0.480 e. The number of nitrogens with zero attached hydrogens (tertiary/aromatic N) is 1. The quantitative estimate of drug-likeness (QED) is 0.799. The molecule has 0 saturated heterocycles. The van der Waals surface area contributed by atoms with E-state index in [0.29, 0.717) is 6.42 Å². The Labute approximate surface area is 137 Å². The van der Waals surface area contributed by atoms with Crippen molar-refractivity contribution in [2.45, 2.75) is 12.5 Å². The van der Waals surface area contributed by atoms with E-state index in [1.54, 1.807) is 17.5 Å². The minimum atomic E-state index is -0.467. The van der Waals surface area contributed by atoms with E-state index in [4.69, 9.17) is 4.74 Å². The Hall–Kier alpha value is -2.66. The number of carbonyl (C=O) groups excluding carboxylic acids is 1. The highest BCUT2D eigenvalue weighted by Gasteiger charge is 2.28. The summed E-state index contributed by atoms with van der Waals surface area (Å²) in [5, 5.41) is 5.82. The van der Waals surface area contributed by atoms with Gasteiger partial charge in [-0.1, -0.05) is 18.2 Å². The van der Waals surface area contributed by atoms with Crippen LogP contribution in [0.1, 0.15) is 5.56 Å². The maximum Gasteiger partial charge on any atom is 0.265 e. The number of fused-ring (bicyclic) bond motifs is 1. The predicted molar refractivity (Wildman–Crippen MR) is 90.7 cm³/mol. The van der Waals surface area contributed by atoms with Crippen LogP contribution in [0.3, 0.4) is 0 Å². The number of rotatable bonds is 3. The number of anilines is 1. The van der Waals surface area contributed by atoms with Crippen molar-refractivity contribution < 1.29 is 9.53 Å². The third-order valence-electron chi connectivity index (χ3n) is 3.77. The summed E-state index contributed by atoms with van der Waals surface area (Å²) in [4.78, 5) is 16.6. The fourth-order valence-corrected chi connectivity index (χ4v) is 3.26. The van der Waals surface area contributed by atoms with Gasteiger partial charge in [-0.25, -0.2) is 4.98 Å². The largest absolute Gasteiger partial charge is 0.480 e. The Morgan fingerprint density at radius 3 is 2.74 bits per heavy atom. The summed E-state index contributed by atoms with van der Waals surface area (Å²) < 4.78 is 5.70. The normalized spacial score (nSPS) is 15.7. The molecule has 2 aromatic carbocycles.